The number of ether oxygens (including phenoxy) is 1. The maximum absolute atomic E-state index is 12.7. The Morgan fingerprint density at radius 2 is 1.92 bits per heavy atom. The number of carbonyl (C=O) groups is 2. The second kappa shape index (κ2) is 6.71. The van der Waals surface area contributed by atoms with Crippen molar-refractivity contribution < 1.29 is 14.3 Å². The largest absolute Gasteiger partial charge is 0.451 e. The van der Waals surface area contributed by atoms with Crippen LogP contribution in [0.1, 0.15) is 45.2 Å². The first-order valence-corrected chi connectivity index (χ1v) is 8.83. The van der Waals surface area contributed by atoms with E-state index in [-0.39, 0.29) is 5.78 Å². The second-order valence-electron chi connectivity index (χ2n) is 6.65. The summed E-state index contributed by atoms with van der Waals surface area (Å²) in [6.45, 7) is 1.63. The highest BCUT2D eigenvalue weighted by Crippen LogP contribution is 2.24. The summed E-state index contributed by atoms with van der Waals surface area (Å²) in [6, 6.07) is 12.9. The molecule has 0 spiro atoms. The van der Waals surface area contributed by atoms with Crippen molar-refractivity contribution in [2.45, 2.75) is 32.3 Å². The van der Waals surface area contributed by atoms with Crippen LogP contribution in [0, 0.1) is 0 Å². The molecule has 0 bridgehead atoms. The lowest BCUT2D eigenvalue weighted by Gasteiger charge is -2.14. The first-order valence-electron chi connectivity index (χ1n) is 8.83. The van der Waals surface area contributed by atoms with Gasteiger partial charge in [0.05, 0.1) is 5.56 Å². The van der Waals surface area contributed by atoms with Gasteiger partial charge in [-0.1, -0.05) is 24.3 Å². The van der Waals surface area contributed by atoms with Crippen molar-refractivity contribution in [3.8, 4) is 0 Å². The lowest BCUT2D eigenvalue weighted by Crippen LogP contribution is -2.24. The summed E-state index contributed by atoms with van der Waals surface area (Å²) in [5, 5.41) is 1.63. The molecule has 4 nitrogen and oxygen atoms in total. The summed E-state index contributed by atoms with van der Waals surface area (Å²) in [6.07, 6.45) is 5.72. The molecule has 0 radical (unpaired) electrons. The monoisotopic (exact) mass is 345 g/mol. The highest BCUT2D eigenvalue weighted by Gasteiger charge is 2.23. The van der Waals surface area contributed by atoms with Gasteiger partial charge < -0.3 is 4.74 Å². The number of hydrogen-bond donors (Lipinski definition) is 0. The van der Waals surface area contributed by atoms with Crippen molar-refractivity contribution in [2.75, 3.05) is 0 Å². The third kappa shape index (κ3) is 2.99. The summed E-state index contributed by atoms with van der Waals surface area (Å²) in [4.78, 5) is 29.3. The number of esters is 1. The Hall–Kier alpha value is -3.01. The van der Waals surface area contributed by atoms with E-state index in [1.165, 1.54) is 11.1 Å². The van der Waals surface area contributed by atoms with Crippen LogP contribution < -0.4 is 0 Å². The van der Waals surface area contributed by atoms with Crippen LogP contribution in [0.2, 0.25) is 0 Å². The van der Waals surface area contributed by atoms with Crippen LogP contribution in [0.5, 0.6) is 0 Å². The second-order valence-corrected chi connectivity index (χ2v) is 6.65. The van der Waals surface area contributed by atoms with E-state index in [0.29, 0.717) is 11.1 Å². The van der Waals surface area contributed by atoms with E-state index in [0.717, 1.165) is 30.0 Å². The fourth-order valence-corrected chi connectivity index (χ4v) is 3.54. The molecule has 0 saturated heterocycles. The van der Waals surface area contributed by atoms with Crippen molar-refractivity contribution in [1.82, 2.24) is 4.98 Å². The molecule has 1 heterocycles. The summed E-state index contributed by atoms with van der Waals surface area (Å²) >= 11 is 0. The SMILES string of the molecule is C[C@@H](OC(=O)c1cccc2cnccc12)C(=O)c1ccc2c(c1)CCC2. The van der Waals surface area contributed by atoms with E-state index < -0.39 is 12.1 Å². The molecule has 3 aromatic rings. The molecule has 0 saturated carbocycles. The number of carbonyl (C=O) groups excluding carboxylic acids is 2. The average Bonchev–Trinajstić information content (AvgIpc) is 3.14. The highest BCUT2D eigenvalue weighted by atomic mass is 16.5. The minimum absolute atomic E-state index is 0.171. The Morgan fingerprint density at radius 3 is 2.81 bits per heavy atom. The van der Waals surface area contributed by atoms with Gasteiger partial charge in [-0.15, -0.1) is 0 Å². The normalized spacial score (nSPS) is 14.0. The standard InChI is InChI=1S/C22H19NO3/c1-14(21(24)17-9-8-15-4-2-5-16(15)12-17)26-22(25)20-7-3-6-18-13-23-11-10-19(18)20/h3,6-14H,2,4-5H2,1H3/t14-/m1/s1. The van der Waals surface area contributed by atoms with Crippen LogP contribution in [0.3, 0.4) is 0 Å². The number of Topliss-reactive ketones (excluding diaryl/α,β-unsaturated/α-hetero) is 1. The predicted octanol–water partition coefficient (Wildman–Crippen LogP) is 4.15. The Balaban J connectivity index is 1.54. The average molecular weight is 345 g/mol. The summed E-state index contributed by atoms with van der Waals surface area (Å²) in [7, 11) is 0. The molecule has 4 heteroatoms. The zero-order chi connectivity index (χ0) is 18.1. The maximum atomic E-state index is 12.7. The Bertz CT molecular complexity index is 1000. The topological polar surface area (TPSA) is 56.3 Å². The molecule has 2 aromatic carbocycles. The van der Waals surface area contributed by atoms with Gasteiger partial charge in [0.25, 0.3) is 0 Å². The van der Waals surface area contributed by atoms with Gasteiger partial charge in [0.1, 0.15) is 0 Å². The van der Waals surface area contributed by atoms with Crippen LogP contribution in [0.4, 0.5) is 0 Å². The number of aryl methyl sites for hydroxylation is 2. The molecule has 0 N–H and O–H groups in total. The number of hydrogen-bond acceptors (Lipinski definition) is 4. The zero-order valence-corrected chi connectivity index (χ0v) is 14.6. The third-order valence-corrected chi connectivity index (χ3v) is 4.94. The lowest BCUT2D eigenvalue weighted by atomic mass is 10.0. The van der Waals surface area contributed by atoms with Crippen molar-refractivity contribution in [3.63, 3.8) is 0 Å². The Labute approximate surface area is 151 Å². The van der Waals surface area contributed by atoms with Crippen molar-refractivity contribution in [3.05, 3.63) is 77.1 Å². The number of fused-ring (bicyclic) bond motifs is 2. The zero-order valence-electron chi connectivity index (χ0n) is 14.6. The van der Waals surface area contributed by atoms with E-state index >= 15 is 0 Å². The summed E-state index contributed by atoms with van der Waals surface area (Å²) in [5.41, 5.74) is 3.60. The van der Waals surface area contributed by atoms with Crippen molar-refractivity contribution in [1.29, 1.82) is 0 Å². The Morgan fingerprint density at radius 1 is 1.08 bits per heavy atom. The van der Waals surface area contributed by atoms with Gasteiger partial charge in [0.2, 0.25) is 5.78 Å². The number of ketones is 1. The van der Waals surface area contributed by atoms with Crippen LogP contribution >= 0.6 is 0 Å². The Kier molecular flexibility index (Phi) is 4.25. The number of rotatable bonds is 4. The van der Waals surface area contributed by atoms with Crippen LogP contribution in [0.25, 0.3) is 10.8 Å². The summed E-state index contributed by atoms with van der Waals surface area (Å²) in [5.74, 6) is -0.668. The van der Waals surface area contributed by atoms with E-state index in [1.807, 2.05) is 24.3 Å². The maximum Gasteiger partial charge on any atom is 0.339 e. The van der Waals surface area contributed by atoms with Gasteiger partial charge in [-0.05, 0) is 60.9 Å². The van der Waals surface area contributed by atoms with Gasteiger partial charge in [0, 0.05) is 23.3 Å². The first-order chi connectivity index (χ1) is 12.6. The van der Waals surface area contributed by atoms with Gasteiger partial charge in [-0.2, -0.15) is 0 Å². The number of nitrogens with zero attached hydrogens (tertiary/aromatic N) is 1. The molecule has 0 amide bonds. The number of aromatic nitrogens is 1. The first kappa shape index (κ1) is 16.5. The minimum Gasteiger partial charge on any atom is -0.451 e. The third-order valence-electron chi connectivity index (χ3n) is 4.94. The highest BCUT2D eigenvalue weighted by molar-refractivity contribution is 6.06. The molecule has 1 aliphatic rings. The van der Waals surface area contributed by atoms with E-state index in [9.17, 15) is 9.59 Å². The number of benzene rings is 2. The molecule has 0 fully saturated rings. The van der Waals surface area contributed by atoms with Gasteiger partial charge in [0.15, 0.2) is 6.10 Å². The van der Waals surface area contributed by atoms with Crippen molar-refractivity contribution in [2.24, 2.45) is 0 Å². The molecule has 1 aliphatic carbocycles. The molecule has 0 aliphatic heterocycles. The van der Waals surface area contributed by atoms with E-state index in [4.69, 9.17) is 4.74 Å². The van der Waals surface area contributed by atoms with Crippen molar-refractivity contribution >= 4 is 22.5 Å². The quantitative estimate of drug-likeness (QED) is 0.526. The predicted molar refractivity (Wildman–Crippen MR) is 99.4 cm³/mol. The lowest BCUT2D eigenvalue weighted by molar-refractivity contribution is 0.0320. The summed E-state index contributed by atoms with van der Waals surface area (Å²) < 4.78 is 5.47. The van der Waals surface area contributed by atoms with E-state index in [2.05, 4.69) is 4.98 Å². The molecule has 4 rings (SSSR count). The van der Waals surface area contributed by atoms with Gasteiger partial charge in [-0.25, -0.2) is 4.79 Å². The fraction of sp³-hybridized carbons (Fsp3) is 0.227. The van der Waals surface area contributed by atoms with Crippen LogP contribution in [0.15, 0.2) is 54.9 Å². The molecule has 1 aromatic heterocycles. The van der Waals surface area contributed by atoms with E-state index in [1.54, 1.807) is 37.5 Å². The molecular formula is C22H19NO3. The minimum atomic E-state index is -0.834. The van der Waals surface area contributed by atoms with Gasteiger partial charge in [-0.3, -0.25) is 9.78 Å². The number of pyridine rings is 1. The fourth-order valence-electron chi connectivity index (χ4n) is 3.54. The molecule has 26 heavy (non-hydrogen) atoms. The van der Waals surface area contributed by atoms with Crippen LogP contribution in [-0.2, 0) is 17.6 Å². The van der Waals surface area contributed by atoms with Gasteiger partial charge >= 0.3 is 5.97 Å². The van der Waals surface area contributed by atoms with Crippen LogP contribution in [-0.4, -0.2) is 22.8 Å². The molecule has 0 unspecified atom stereocenters. The molecule has 130 valence electrons. The molecule has 1 atom stereocenters. The smallest absolute Gasteiger partial charge is 0.339 e. The molecular weight excluding hydrogens is 326 g/mol.